The molecule has 0 aromatic carbocycles. The van der Waals surface area contributed by atoms with Crippen LogP contribution in [0.4, 0.5) is 0 Å². The SMILES string of the molecule is C=CCN(CC=C)C(=S)[S-].C=CCN(CC=C)C(=S)[S-].C=CCN(CC=C)C(=S)[S-].C=CCN(CC=C)C(=S)[S-].[Mo+4]. The van der Waals surface area contributed by atoms with E-state index in [4.69, 9.17) is 99.4 Å². The smallest absolute Gasteiger partial charge is 0.411 e. The zero-order chi connectivity index (χ0) is 31.9. The summed E-state index contributed by atoms with van der Waals surface area (Å²) < 4.78 is 1.89. The summed E-state index contributed by atoms with van der Waals surface area (Å²) in [4.78, 5) is 7.35. The van der Waals surface area contributed by atoms with E-state index < -0.39 is 0 Å². The summed E-state index contributed by atoms with van der Waals surface area (Å²) >= 11 is 38.3. The molecule has 0 saturated heterocycles. The van der Waals surface area contributed by atoms with Crippen LogP contribution in [0, 0.1) is 0 Å². The standard InChI is InChI=1S/4C7H11NS2.Mo/c4*1-3-5-8(6-4-2)7(9)10;/h4*3-4H,1-2,5-6H2,(H,9,10);/q;;;;+4/p-4. The Morgan fingerprint density at radius 3 is 0.512 bits per heavy atom. The van der Waals surface area contributed by atoms with Gasteiger partial charge in [-0.3, -0.25) is 0 Å². The third-order valence-corrected chi connectivity index (χ3v) is 5.89. The Bertz CT molecular complexity index is 673. The minimum atomic E-state index is 0. The maximum Gasteiger partial charge on any atom is 4.00 e. The Labute approximate surface area is 308 Å². The molecule has 4 nitrogen and oxygen atoms in total. The molecule has 0 aliphatic rings. The molecule has 13 heteroatoms. The molecule has 0 amide bonds. The van der Waals surface area contributed by atoms with Gasteiger partial charge in [0, 0.05) is 52.4 Å². The quantitative estimate of drug-likeness (QED) is 0.0794. The van der Waals surface area contributed by atoms with Gasteiger partial charge in [0.25, 0.3) is 0 Å². The molecule has 0 saturated carbocycles. The van der Waals surface area contributed by atoms with Crippen molar-refractivity contribution < 1.29 is 21.1 Å². The van der Waals surface area contributed by atoms with Crippen LogP contribution >= 0.6 is 48.9 Å². The molecule has 0 rings (SSSR count). The first-order valence-electron chi connectivity index (χ1n) is 11.6. The number of hydrogen-bond acceptors (Lipinski definition) is 8. The fourth-order valence-corrected chi connectivity index (χ4v) is 3.33. The minimum Gasteiger partial charge on any atom is -0.411 e. The van der Waals surface area contributed by atoms with Gasteiger partial charge < -0.3 is 119 Å². The summed E-state index contributed by atoms with van der Waals surface area (Å²) in [7, 11) is 0. The van der Waals surface area contributed by atoms with Crippen molar-refractivity contribution in [1.29, 1.82) is 0 Å². The second-order valence-corrected chi connectivity index (χ2v) is 11.1. The fourth-order valence-electron chi connectivity index (χ4n) is 2.14. The summed E-state index contributed by atoms with van der Waals surface area (Å²) in [5.74, 6) is 0. The number of nitrogens with zero attached hydrogens (tertiary/aromatic N) is 4. The van der Waals surface area contributed by atoms with Crippen molar-refractivity contribution in [3.8, 4) is 0 Å². The average Bonchev–Trinajstić information content (AvgIpc) is 2.89. The zero-order valence-electron chi connectivity index (χ0n) is 23.4. The molecule has 0 radical (unpaired) electrons. The van der Waals surface area contributed by atoms with Gasteiger partial charge in [-0.15, -0.1) is 52.6 Å². The number of thiocarbonyl (C=S) groups is 4. The molecule has 0 fully saturated rings. The predicted molar refractivity (Wildman–Crippen MR) is 208 cm³/mol. The van der Waals surface area contributed by atoms with Crippen molar-refractivity contribution in [3.63, 3.8) is 0 Å². The molecule has 0 bridgehead atoms. The molecule has 41 heavy (non-hydrogen) atoms. The van der Waals surface area contributed by atoms with E-state index in [1.165, 1.54) is 0 Å². The molecular formula is C28H40MoN4S8. The summed E-state index contributed by atoms with van der Waals surface area (Å²) in [5, 5.41) is 0. The zero-order valence-corrected chi connectivity index (χ0v) is 31.9. The van der Waals surface area contributed by atoms with Gasteiger partial charge in [0.1, 0.15) is 0 Å². The second kappa shape index (κ2) is 37.1. The van der Waals surface area contributed by atoms with Gasteiger partial charge in [0.15, 0.2) is 0 Å². The maximum absolute atomic E-state index is 4.79. The van der Waals surface area contributed by atoms with E-state index in [9.17, 15) is 0 Å². The molecule has 0 atom stereocenters. The van der Waals surface area contributed by atoms with Crippen LogP contribution in [-0.2, 0) is 71.6 Å². The Hall–Kier alpha value is -0.952. The monoisotopic (exact) mass is 786 g/mol. The van der Waals surface area contributed by atoms with Gasteiger partial charge in [0.2, 0.25) is 0 Å². The van der Waals surface area contributed by atoms with Crippen LogP contribution in [-0.4, -0.2) is 89.2 Å². The largest absolute Gasteiger partial charge is 4.00 e. The van der Waals surface area contributed by atoms with Gasteiger partial charge in [-0.05, 0) is 0 Å². The molecule has 0 heterocycles. The molecule has 0 aliphatic carbocycles. The van der Waals surface area contributed by atoms with Crippen molar-refractivity contribution in [2.75, 3.05) is 52.4 Å². The van der Waals surface area contributed by atoms with Gasteiger partial charge in [-0.2, -0.15) is 0 Å². The molecule has 226 valence electrons. The van der Waals surface area contributed by atoms with Crippen molar-refractivity contribution in [3.05, 3.63) is 101 Å². The van der Waals surface area contributed by atoms with Gasteiger partial charge >= 0.3 is 21.1 Å². The molecule has 0 N–H and O–H groups in total. The van der Waals surface area contributed by atoms with Crippen molar-refractivity contribution in [1.82, 2.24) is 19.6 Å². The molecule has 0 unspecified atom stereocenters. The van der Waals surface area contributed by atoms with Gasteiger partial charge in [-0.25, -0.2) is 0 Å². The summed E-state index contributed by atoms with van der Waals surface area (Å²) in [5.41, 5.74) is 0. The van der Waals surface area contributed by atoms with Crippen LogP contribution < -0.4 is 0 Å². The minimum absolute atomic E-state index is 0. The van der Waals surface area contributed by atoms with Crippen molar-refractivity contribution in [2.45, 2.75) is 0 Å². The third-order valence-electron chi connectivity index (χ3n) is 3.83. The van der Waals surface area contributed by atoms with Crippen molar-refractivity contribution in [2.24, 2.45) is 0 Å². The molecule has 0 aliphatic heterocycles. The van der Waals surface area contributed by atoms with Crippen LogP contribution in [0.3, 0.4) is 0 Å². The second-order valence-electron chi connectivity index (χ2n) is 6.99. The number of rotatable bonds is 16. The molecule has 0 aromatic rings. The van der Waals surface area contributed by atoms with E-state index >= 15 is 0 Å². The van der Waals surface area contributed by atoms with Crippen LogP contribution in [0.2, 0.25) is 0 Å². The van der Waals surface area contributed by atoms with E-state index in [0.717, 1.165) is 0 Å². The number of hydrogen-bond donors (Lipinski definition) is 0. The van der Waals surface area contributed by atoms with E-state index in [-0.39, 0.29) is 21.1 Å². The van der Waals surface area contributed by atoms with E-state index in [1.807, 2.05) is 19.6 Å². The Morgan fingerprint density at radius 1 is 0.366 bits per heavy atom. The first-order chi connectivity index (χ1) is 18.9. The van der Waals surface area contributed by atoms with E-state index in [0.29, 0.717) is 69.6 Å². The van der Waals surface area contributed by atoms with Crippen LogP contribution in [0.25, 0.3) is 0 Å². The molecule has 0 spiro atoms. The summed E-state index contributed by atoms with van der Waals surface area (Å²) in [6.45, 7) is 34.3. The Kier molecular flexibility index (Phi) is 45.0. The van der Waals surface area contributed by atoms with Crippen LogP contribution in [0.15, 0.2) is 101 Å². The third kappa shape index (κ3) is 35.2. The first-order valence-corrected chi connectivity index (χ1v) is 14.9. The normalized spacial score (nSPS) is 8.20. The summed E-state index contributed by atoms with van der Waals surface area (Å²) in [6, 6.07) is 0. The maximum atomic E-state index is 4.79. The fraction of sp³-hybridized carbons (Fsp3) is 0.286. The van der Waals surface area contributed by atoms with E-state index in [2.05, 4.69) is 52.6 Å². The van der Waals surface area contributed by atoms with Crippen molar-refractivity contribution >= 4 is 117 Å². The van der Waals surface area contributed by atoms with E-state index in [1.54, 1.807) is 48.6 Å². The van der Waals surface area contributed by atoms with Gasteiger partial charge in [0.05, 0.1) is 0 Å². The summed E-state index contributed by atoms with van der Waals surface area (Å²) in [6.07, 6.45) is 14.1. The topological polar surface area (TPSA) is 13.0 Å². The predicted octanol–water partition coefficient (Wildman–Crippen LogP) is 5.97. The Balaban J connectivity index is -0.000000139. The van der Waals surface area contributed by atoms with Crippen LogP contribution in [0.5, 0.6) is 0 Å². The van der Waals surface area contributed by atoms with Crippen LogP contribution in [0.1, 0.15) is 0 Å². The molecule has 0 aromatic heterocycles. The Morgan fingerprint density at radius 2 is 0.463 bits per heavy atom. The molecular weight excluding hydrogens is 745 g/mol. The van der Waals surface area contributed by atoms with Gasteiger partial charge in [-0.1, -0.05) is 65.9 Å². The average molecular weight is 785 g/mol. The first kappa shape index (κ1) is 49.7.